The van der Waals surface area contributed by atoms with E-state index in [2.05, 4.69) is 0 Å². The number of hydrogen-bond acceptors (Lipinski definition) is 6. The highest BCUT2D eigenvalue weighted by molar-refractivity contribution is 5.97. The molecule has 192 valence electrons. The third-order valence-corrected chi connectivity index (χ3v) is 7.52. The molecule has 0 aromatic heterocycles. The molecule has 0 bridgehead atoms. The van der Waals surface area contributed by atoms with Gasteiger partial charge in [0.05, 0.1) is 39.4 Å². The van der Waals surface area contributed by atoms with Gasteiger partial charge in [-0.25, -0.2) is 0 Å². The van der Waals surface area contributed by atoms with E-state index < -0.39 is 6.04 Å². The summed E-state index contributed by atoms with van der Waals surface area (Å²) in [5.41, 5.74) is 1.66. The standard InChI is InChI=1S/C28H34N2O6/c1-33-22-9-5-19(6-10-22)26-24(13-14-25(31)30(26)21-7-11-23(34-2)12-8-21)27(32)29-15-3-4-20(18-29)28-35-16-17-36-28/h5-12,20,24,26,28H,3-4,13-18H2,1-2H3. The van der Waals surface area contributed by atoms with Crippen LogP contribution in [0.1, 0.15) is 37.3 Å². The summed E-state index contributed by atoms with van der Waals surface area (Å²) in [5, 5.41) is 0. The predicted octanol–water partition coefficient (Wildman–Crippen LogP) is 3.80. The van der Waals surface area contributed by atoms with Crippen LogP contribution < -0.4 is 14.4 Å². The quantitative estimate of drug-likeness (QED) is 0.608. The van der Waals surface area contributed by atoms with Crippen LogP contribution in [0.15, 0.2) is 48.5 Å². The summed E-state index contributed by atoms with van der Waals surface area (Å²) in [7, 11) is 3.24. The molecular formula is C28H34N2O6. The summed E-state index contributed by atoms with van der Waals surface area (Å²) in [6.45, 7) is 2.54. The maximum Gasteiger partial charge on any atom is 0.228 e. The molecule has 3 atom stereocenters. The second kappa shape index (κ2) is 10.9. The molecule has 3 heterocycles. The number of carbonyl (C=O) groups excluding carboxylic acids is 2. The Kier molecular flexibility index (Phi) is 7.43. The minimum absolute atomic E-state index is 0.00862. The first-order chi connectivity index (χ1) is 17.6. The van der Waals surface area contributed by atoms with Crippen LogP contribution in [0.4, 0.5) is 5.69 Å². The monoisotopic (exact) mass is 494 g/mol. The van der Waals surface area contributed by atoms with Crippen molar-refractivity contribution in [3.63, 3.8) is 0 Å². The Morgan fingerprint density at radius 1 is 0.917 bits per heavy atom. The Hall–Kier alpha value is -3.10. The maximum absolute atomic E-state index is 14.1. The molecule has 8 nitrogen and oxygen atoms in total. The van der Waals surface area contributed by atoms with Crippen molar-refractivity contribution >= 4 is 17.5 Å². The zero-order valence-electron chi connectivity index (χ0n) is 20.9. The molecule has 2 amide bonds. The van der Waals surface area contributed by atoms with E-state index in [1.807, 2.05) is 53.4 Å². The molecule has 5 rings (SSSR count). The summed E-state index contributed by atoms with van der Waals surface area (Å²) in [6.07, 6.45) is 2.50. The van der Waals surface area contributed by atoms with Crippen LogP contribution in [0.25, 0.3) is 0 Å². The average Bonchev–Trinajstić information content (AvgIpc) is 3.48. The summed E-state index contributed by atoms with van der Waals surface area (Å²) in [4.78, 5) is 31.2. The first kappa shape index (κ1) is 24.6. The second-order valence-corrected chi connectivity index (χ2v) is 9.62. The van der Waals surface area contributed by atoms with E-state index in [9.17, 15) is 9.59 Å². The van der Waals surface area contributed by atoms with Crippen LogP contribution >= 0.6 is 0 Å². The zero-order chi connectivity index (χ0) is 25.1. The van der Waals surface area contributed by atoms with Crippen molar-refractivity contribution in [2.75, 3.05) is 45.4 Å². The number of anilines is 1. The van der Waals surface area contributed by atoms with Gasteiger partial charge in [-0.2, -0.15) is 0 Å². The first-order valence-corrected chi connectivity index (χ1v) is 12.7. The molecule has 3 saturated heterocycles. The molecule has 8 heteroatoms. The summed E-state index contributed by atoms with van der Waals surface area (Å²) < 4.78 is 22.2. The lowest BCUT2D eigenvalue weighted by Gasteiger charge is -2.44. The molecule has 36 heavy (non-hydrogen) atoms. The zero-order valence-corrected chi connectivity index (χ0v) is 20.9. The van der Waals surface area contributed by atoms with Gasteiger partial charge in [-0.15, -0.1) is 0 Å². The SMILES string of the molecule is COc1ccc(C2C(C(=O)N3CCCC(C4OCCO4)C3)CCC(=O)N2c2ccc(OC)cc2)cc1. The molecule has 3 fully saturated rings. The minimum atomic E-state index is -0.419. The molecular weight excluding hydrogens is 460 g/mol. The van der Waals surface area contributed by atoms with Gasteiger partial charge < -0.3 is 28.7 Å². The molecule has 0 spiro atoms. The Morgan fingerprint density at radius 3 is 2.19 bits per heavy atom. The fourth-order valence-corrected chi connectivity index (χ4v) is 5.70. The van der Waals surface area contributed by atoms with Gasteiger partial charge in [-0.05, 0) is 61.2 Å². The number of amides is 2. The number of hydrogen-bond donors (Lipinski definition) is 0. The summed E-state index contributed by atoms with van der Waals surface area (Å²) >= 11 is 0. The van der Waals surface area contributed by atoms with Gasteiger partial charge in [0.25, 0.3) is 0 Å². The van der Waals surface area contributed by atoms with Gasteiger partial charge in [0.15, 0.2) is 6.29 Å². The van der Waals surface area contributed by atoms with Gasteiger partial charge >= 0.3 is 0 Å². The number of benzene rings is 2. The van der Waals surface area contributed by atoms with E-state index in [4.69, 9.17) is 18.9 Å². The van der Waals surface area contributed by atoms with Crippen molar-refractivity contribution in [1.82, 2.24) is 4.90 Å². The lowest BCUT2D eigenvalue weighted by Crippen LogP contribution is -2.52. The molecule has 3 aliphatic heterocycles. The molecule has 3 aliphatic rings. The average molecular weight is 495 g/mol. The van der Waals surface area contributed by atoms with Crippen LogP contribution in [0.5, 0.6) is 11.5 Å². The van der Waals surface area contributed by atoms with Crippen LogP contribution in [0, 0.1) is 11.8 Å². The van der Waals surface area contributed by atoms with Crippen molar-refractivity contribution in [2.45, 2.75) is 38.0 Å². The van der Waals surface area contributed by atoms with Gasteiger partial charge in [0.2, 0.25) is 11.8 Å². The highest BCUT2D eigenvalue weighted by Crippen LogP contribution is 2.42. The van der Waals surface area contributed by atoms with Crippen molar-refractivity contribution in [3.8, 4) is 11.5 Å². The predicted molar refractivity (Wildman–Crippen MR) is 134 cm³/mol. The van der Waals surface area contributed by atoms with E-state index in [1.54, 1.807) is 19.1 Å². The number of nitrogens with zero attached hydrogens (tertiary/aromatic N) is 2. The maximum atomic E-state index is 14.1. The van der Waals surface area contributed by atoms with E-state index in [0.717, 1.165) is 29.8 Å². The van der Waals surface area contributed by atoms with E-state index in [-0.39, 0.29) is 29.9 Å². The van der Waals surface area contributed by atoms with Gasteiger partial charge in [-0.1, -0.05) is 12.1 Å². The van der Waals surface area contributed by atoms with Crippen molar-refractivity contribution in [2.24, 2.45) is 11.8 Å². The molecule has 0 aliphatic carbocycles. The molecule has 2 aromatic carbocycles. The topological polar surface area (TPSA) is 77.5 Å². The summed E-state index contributed by atoms with van der Waals surface area (Å²) in [6, 6.07) is 14.7. The van der Waals surface area contributed by atoms with Gasteiger partial charge in [0.1, 0.15) is 11.5 Å². The molecule has 0 N–H and O–H groups in total. The van der Waals surface area contributed by atoms with Crippen LogP contribution in [0.3, 0.4) is 0 Å². The molecule has 2 aromatic rings. The Bertz CT molecular complexity index is 1050. The first-order valence-electron chi connectivity index (χ1n) is 12.7. The smallest absolute Gasteiger partial charge is 0.228 e. The largest absolute Gasteiger partial charge is 0.497 e. The Morgan fingerprint density at radius 2 is 1.56 bits per heavy atom. The minimum Gasteiger partial charge on any atom is -0.497 e. The Balaban J connectivity index is 1.46. The van der Waals surface area contributed by atoms with Crippen molar-refractivity contribution in [1.29, 1.82) is 0 Å². The summed E-state index contributed by atoms with van der Waals surface area (Å²) in [5.74, 6) is 1.36. The number of carbonyl (C=O) groups is 2. The number of rotatable bonds is 6. The second-order valence-electron chi connectivity index (χ2n) is 9.62. The fourth-order valence-electron chi connectivity index (χ4n) is 5.70. The lowest BCUT2D eigenvalue weighted by molar-refractivity contribution is -0.145. The third kappa shape index (κ3) is 4.92. The van der Waals surface area contributed by atoms with E-state index >= 15 is 0 Å². The molecule has 0 radical (unpaired) electrons. The van der Waals surface area contributed by atoms with E-state index in [0.29, 0.717) is 44.9 Å². The number of ether oxygens (including phenoxy) is 4. The van der Waals surface area contributed by atoms with E-state index in [1.165, 1.54) is 0 Å². The van der Waals surface area contributed by atoms with Crippen molar-refractivity contribution in [3.05, 3.63) is 54.1 Å². The Labute approximate surface area is 212 Å². The number of likely N-dealkylation sites (tertiary alicyclic amines) is 1. The normalized spacial score (nSPS) is 25.2. The van der Waals surface area contributed by atoms with Gasteiger partial charge in [0, 0.05) is 31.1 Å². The van der Waals surface area contributed by atoms with Crippen molar-refractivity contribution < 1.29 is 28.5 Å². The number of methoxy groups -OCH3 is 2. The lowest BCUT2D eigenvalue weighted by atomic mass is 9.82. The van der Waals surface area contributed by atoms with Crippen LogP contribution in [-0.4, -0.2) is 63.5 Å². The highest BCUT2D eigenvalue weighted by Gasteiger charge is 2.44. The van der Waals surface area contributed by atoms with Crippen LogP contribution in [0.2, 0.25) is 0 Å². The fraction of sp³-hybridized carbons (Fsp3) is 0.500. The molecule has 0 saturated carbocycles. The van der Waals surface area contributed by atoms with Crippen LogP contribution in [-0.2, 0) is 19.1 Å². The number of piperidine rings is 2. The molecule has 3 unspecified atom stereocenters. The highest BCUT2D eigenvalue weighted by atomic mass is 16.7. The van der Waals surface area contributed by atoms with Gasteiger partial charge in [-0.3, -0.25) is 9.59 Å². The third-order valence-electron chi connectivity index (χ3n) is 7.52.